The standard InChI is InChI=1S/C19H29NO/c1-21-18-10-6-14(7-11-18)12-19(20)17-9-8-15-4-2-3-5-16(15)13-17/h6-7,10-11,15-17,19H,2-5,8-9,12-13,20H2,1H3. The predicted octanol–water partition coefficient (Wildman–Crippen LogP) is 4.17. The number of hydrogen-bond acceptors (Lipinski definition) is 2. The monoisotopic (exact) mass is 287 g/mol. The maximum atomic E-state index is 6.54. The summed E-state index contributed by atoms with van der Waals surface area (Å²) < 4.78 is 5.22. The molecule has 0 saturated heterocycles. The van der Waals surface area contributed by atoms with Crippen molar-refractivity contribution in [2.45, 2.75) is 57.4 Å². The fraction of sp³-hybridized carbons (Fsp3) is 0.684. The molecule has 2 aliphatic rings. The summed E-state index contributed by atoms with van der Waals surface area (Å²) >= 11 is 0. The summed E-state index contributed by atoms with van der Waals surface area (Å²) in [5.41, 5.74) is 7.88. The zero-order chi connectivity index (χ0) is 14.7. The molecule has 3 rings (SSSR count). The Kier molecular flexibility index (Phi) is 4.84. The van der Waals surface area contributed by atoms with Gasteiger partial charge in [-0.15, -0.1) is 0 Å². The average Bonchev–Trinajstić information content (AvgIpc) is 2.55. The SMILES string of the molecule is COc1ccc(CC(N)C2CCC3CCCCC3C2)cc1. The molecule has 0 spiro atoms. The Labute approximate surface area is 129 Å². The fourth-order valence-electron chi connectivity index (χ4n) is 4.50. The number of methoxy groups -OCH3 is 1. The Hall–Kier alpha value is -1.02. The van der Waals surface area contributed by atoms with Gasteiger partial charge in [-0.2, -0.15) is 0 Å². The molecule has 2 nitrogen and oxygen atoms in total. The van der Waals surface area contributed by atoms with Crippen LogP contribution in [0, 0.1) is 17.8 Å². The van der Waals surface area contributed by atoms with Gasteiger partial charge in [0.15, 0.2) is 0 Å². The molecule has 4 unspecified atom stereocenters. The van der Waals surface area contributed by atoms with Crippen LogP contribution >= 0.6 is 0 Å². The van der Waals surface area contributed by atoms with Gasteiger partial charge in [0.1, 0.15) is 5.75 Å². The predicted molar refractivity (Wildman–Crippen MR) is 87.5 cm³/mol. The Balaban J connectivity index is 1.56. The van der Waals surface area contributed by atoms with Crippen LogP contribution in [0.4, 0.5) is 0 Å². The molecule has 21 heavy (non-hydrogen) atoms. The molecule has 2 N–H and O–H groups in total. The molecule has 0 amide bonds. The molecule has 2 fully saturated rings. The van der Waals surface area contributed by atoms with Crippen LogP contribution in [0.1, 0.15) is 50.5 Å². The van der Waals surface area contributed by atoms with E-state index in [0.29, 0.717) is 6.04 Å². The van der Waals surface area contributed by atoms with Crippen LogP contribution in [0.2, 0.25) is 0 Å². The first-order valence-electron chi connectivity index (χ1n) is 8.65. The number of nitrogens with two attached hydrogens (primary N) is 1. The quantitative estimate of drug-likeness (QED) is 0.902. The Morgan fingerprint density at radius 1 is 1.05 bits per heavy atom. The van der Waals surface area contributed by atoms with Gasteiger partial charge >= 0.3 is 0 Å². The van der Waals surface area contributed by atoms with Crippen LogP contribution in [0.25, 0.3) is 0 Å². The summed E-state index contributed by atoms with van der Waals surface area (Å²) in [5.74, 6) is 3.64. The van der Waals surface area contributed by atoms with Gasteiger partial charge < -0.3 is 10.5 Å². The first kappa shape index (κ1) is 14.9. The van der Waals surface area contributed by atoms with Crippen molar-refractivity contribution in [2.24, 2.45) is 23.5 Å². The maximum Gasteiger partial charge on any atom is 0.118 e. The third kappa shape index (κ3) is 3.60. The van der Waals surface area contributed by atoms with E-state index in [9.17, 15) is 0 Å². The van der Waals surface area contributed by atoms with E-state index in [4.69, 9.17) is 10.5 Å². The van der Waals surface area contributed by atoms with E-state index >= 15 is 0 Å². The van der Waals surface area contributed by atoms with Crippen molar-refractivity contribution >= 4 is 0 Å². The van der Waals surface area contributed by atoms with Crippen LogP contribution < -0.4 is 10.5 Å². The third-order valence-electron chi connectivity index (χ3n) is 5.82. The van der Waals surface area contributed by atoms with E-state index in [1.54, 1.807) is 7.11 Å². The van der Waals surface area contributed by atoms with Crippen LogP contribution in [0.5, 0.6) is 5.75 Å². The van der Waals surface area contributed by atoms with Crippen LogP contribution in [0.15, 0.2) is 24.3 Å². The van der Waals surface area contributed by atoms with Crippen LogP contribution in [0.3, 0.4) is 0 Å². The van der Waals surface area contributed by atoms with Crippen molar-refractivity contribution in [1.29, 1.82) is 0 Å². The van der Waals surface area contributed by atoms with E-state index in [1.807, 2.05) is 12.1 Å². The Morgan fingerprint density at radius 2 is 1.76 bits per heavy atom. The molecule has 0 aliphatic heterocycles. The molecule has 2 aliphatic carbocycles. The molecule has 2 heteroatoms. The van der Waals surface area contributed by atoms with Crippen molar-refractivity contribution in [2.75, 3.05) is 7.11 Å². The molecule has 0 bridgehead atoms. The average molecular weight is 287 g/mol. The lowest BCUT2D eigenvalue weighted by Crippen LogP contribution is -2.38. The lowest BCUT2D eigenvalue weighted by molar-refractivity contribution is 0.117. The molecule has 4 atom stereocenters. The van der Waals surface area contributed by atoms with Crippen molar-refractivity contribution in [1.82, 2.24) is 0 Å². The molecule has 0 aromatic heterocycles. The van der Waals surface area contributed by atoms with Gasteiger partial charge in [0.25, 0.3) is 0 Å². The maximum absolute atomic E-state index is 6.54. The lowest BCUT2D eigenvalue weighted by Gasteiger charge is -2.41. The molecule has 0 radical (unpaired) electrons. The van der Waals surface area contributed by atoms with Gasteiger partial charge in [-0.05, 0) is 61.1 Å². The second-order valence-corrected chi connectivity index (χ2v) is 7.09. The van der Waals surface area contributed by atoms with Gasteiger partial charge in [0.2, 0.25) is 0 Å². The van der Waals surface area contributed by atoms with E-state index in [1.165, 1.54) is 50.5 Å². The summed E-state index contributed by atoms with van der Waals surface area (Å²) in [4.78, 5) is 0. The van der Waals surface area contributed by atoms with E-state index in [2.05, 4.69) is 12.1 Å². The number of benzene rings is 1. The highest BCUT2D eigenvalue weighted by molar-refractivity contribution is 5.27. The minimum atomic E-state index is 0.321. The third-order valence-corrected chi connectivity index (χ3v) is 5.82. The van der Waals surface area contributed by atoms with Gasteiger partial charge in [0, 0.05) is 6.04 Å². The molecule has 116 valence electrons. The zero-order valence-electron chi connectivity index (χ0n) is 13.3. The first-order chi connectivity index (χ1) is 10.3. The molecular formula is C19H29NO. The van der Waals surface area contributed by atoms with Crippen molar-refractivity contribution < 1.29 is 4.74 Å². The van der Waals surface area contributed by atoms with E-state index in [0.717, 1.165) is 29.9 Å². The van der Waals surface area contributed by atoms with Crippen LogP contribution in [-0.4, -0.2) is 13.2 Å². The summed E-state index contributed by atoms with van der Waals surface area (Å²) in [7, 11) is 1.71. The highest BCUT2D eigenvalue weighted by atomic mass is 16.5. The topological polar surface area (TPSA) is 35.2 Å². The van der Waals surface area contributed by atoms with Gasteiger partial charge in [-0.25, -0.2) is 0 Å². The Morgan fingerprint density at radius 3 is 2.48 bits per heavy atom. The molecule has 1 aromatic carbocycles. The summed E-state index contributed by atoms with van der Waals surface area (Å²) in [6.07, 6.45) is 11.0. The molecule has 1 aromatic rings. The lowest BCUT2D eigenvalue weighted by atomic mass is 9.66. The van der Waals surface area contributed by atoms with Crippen molar-refractivity contribution in [3.63, 3.8) is 0 Å². The van der Waals surface area contributed by atoms with E-state index in [-0.39, 0.29) is 0 Å². The molecule has 2 saturated carbocycles. The minimum absolute atomic E-state index is 0.321. The highest BCUT2D eigenvalue weighted by Gasteiger charge is 2.34. The number of fused-ring (bicyclic) bond motifs is 1. The normalized spacial score (nSPS) is 30.5. The second-order valence-electron chi connectivity index (χ2n) is 7.09. The van der Waals surface area contributed by atoms with Crippen molar-refractivity contribution in [3.8, 4) is 5.75 Å². The van der Waals surface area contributed by atoms with Gasteiger partial charge in [-0.1, -0.05) is 37.8 Å². The first-order valence-corrected chi connectivity index (χ1v) is 8.65. The molecule has 0 heterocycles. The fourth-order valence-corrected chi connectivity index (χ4v) is 4.50. The number of ether oxygens (including phenoxy) is 1. The highest BCUT2D eigenvalue weighted by Crippen LogP contribution is 2.43. The van der Waals surface area contributed by atoms with E-state index < -0.39 is 0 Å². The van der Waals surface area contributed by atoms with Gasteiger partial charge in [0.05, 0.1) is 7.11 Å². The van der Waals surface area contributed by atoms with Crippen LogP contribution in [-0.2, 0) is 6.42 Å². The number of hydrogen-bond donors (Lipinski definition) is 1. The minimum Gasteiger partial charge on any atom is -0.497 e. The largest absolute Gasteiger partial charge is 0.497 e. The zero-order valence-corrected chi connectivity index (χ0v) is 13.3. The summed E-state index contributed by atoms with van der Waals surface area (Å²) in [5, 5.41) is 0. The number of rotatable bonds is 4. The molecular weight excluding hydrogens is 258 g/mol. The van der Waals surface area contributed by atoms with Crippen molar-refractivity contribution in [3.05, 3.63) is 29.8 Å². The van der Waals surface area contributed by atoms with Gasteiger partial charge in [-0.3, -0.25) is 0 Å². The smallest absolute Gasteiger partial charge is 0.118 e. The summed E-state index contributed by atoms with van der Waals surface area (Å²) in [6, 6.07) is 8.72. The second kappa shape index (κ2) is 6.83. The summed E-state index contributed by atoms with van der Waals surface area (Å²) in [6.45, 7) is 0. The Bertz CT molecular complexity index is 441.